The van der Waals surface area contributed by atoms with Crippen molar-refractivity contribution in [3.63, 3.8) is 0 Å². The Morgan fingerprint density at radius 2 is 1.96 bits per heavy atom. The summed E-state index contributed by atoms with van der Waals surface area (Å²) in [5.74, 6) is 1.74. The molecule has 0 saturated heterocycles. The maximum absolute atomic E-state index is 10.1. The van der Waals surface area contributed by atoms with E-state index in [9.17, 15) is 5.11 Å². The molecule has 0 radical (unpaired) electrons. The normalized spacial score (nSPS) is 15.0. The number of fused-ring (bicyclic) bond motifs is 2. The predicted octanol–water partition coefficient (Wildman–Crippen LogP) is 4.73. The molecule has 1 fully saturated rings. The molecule has 0 bridgehead atoms. The highest BCUT2D eigenvalue weighted by atomic mass is 35.5. The molecule has 144 valence electrons. The average Bonchev–Trinajstić information content (AvgIpc) is 3.24. The molecule has 0 unspecified atom stereocenters. The van der Waals surface area contributed by atoms with Gasteiger partial charge in [0.25, 0.3) is 0 Å². The van der Waals surface area contributed by atoms with E-state index in [2.05, 4.69) is 39.0 Å². The van der Waals surface area contributed by atoms with Crippen LogP contribution in [-0.2, 0) is 13.0 Å². The van der Waals surface area contributed by atoms with Crippen LogP contribution in [0.5, 0.6) is 0 Å². The van der Waals surface area contributed by atoms with Crippen molar-refractivity contribution < 1.29 is 5.11 Å². The Balaban J connectivity index is 1.54. The Bertz CT molecular complexity index is 1180. The summed E-state index contributed by atoms with van der Waals surface area (Å²) >= 11 is 6.72. The van der Waals surface area contributed by atoms with E-state index in [0.29, 0.717) is 11.6 Å². The first kappa shape index (κ1) is 17.7. The SMILES string of the molecule is CC(C)(O)Cn1ccc2cc(-c3ccn4c(CC5CC5)nnc4c3Cl)ccc21. The van der Waals surface area contributed by atoms with Crippen molar-refractivity contribution in [2.75, 3.05) is 0 Å². The smallest absolute Gasteiger partial charge is 0.180 e. The minimum Gasteiger partial charge on any atom is -0.389 e. The minimum atomic E-state index is -0.759. The van der Waals surface area contributed by atoms with Crippen LogP contribution in [0, 0.1) is 5.92 Å². The van der Waals surface area contributed by atoms with E-state index in [0.717, 1.165) is 45.8 Å². The van der Waals surface area contributed by atoms with Crippen LogP contribution < -0.4 is 0 Å². The fourth-order valence-electron chi connectivity index (χ4n) is 3.84. The lowest BCUT2D eigenvalue weighted by atomic mass is 10.0. The van der Waals surface area contributed by atoms with Crippen molar-refractivity contribution in [1.82, 2.24) is 19.2 Å². The van der Waals surface area contributed by atoms with Gasteiger partial charge in [-0.3, -0.25) is 4.40 Å². The Morgan fingerprint density at radius 3 is 2.71 bits per heavy atom. The van der Waals surface area contributed by atoms with Crippen molar-refractivity contribution in [2.45, 2.75) is 45.3 Å². The van der Waals surface area contributed by atoms with E-state index in [4.69, 9.17) is 11.6 Å². The minimum absolute atomic E-state index is 0.548. The number of aromatic nitrogens is 4. The molecule has 1 N–H and O–H groups in total. The molecular formula is C22H23ClN4O. The van der Waals surface area contributed by atoms with Gasteiger partial charge >= 0.3 is 0 Å². The second-order valence-corrected chi connectivity index (χ2v) is 8.91. The molecule has 1 aliphatic carbocycles. The fraction of sp³-hybridized carbons (Fsp3) is 0.364. The highest BCUT2D eigenvalue weighted by molar-refractivity contribution is 6.36. The summed E-state index contributed by atoms with van der Waals surface area (Å²) < 4.78 is 4.09. The maximum Gasteiger partial charge on any atom is 0.180 e. The lowest BCUT2D eigenvalue weighted by Gasteiger charge is -2.18. The molecule has 3 aromatic heterocycles. The van der Waals surface area contributed by atoms with Gasteiger partial charge in [-0.05, 0) is 62.4 Å². The lowest BCUT2D eigenvalue weighted by Crippen LogP contribution is -2.25. The highest BCUT2D eigenvalue weighted by Crippen LogP contribution is 2.35. The van der Waals surface area contributed by atoms with E-state index in [1.807, 2.05) is 36.7 Å². The summed E-state index contributed by atoms with van der Waals surface area (Å²) in [6, 6.07) is 10.4. The van der Waals surface area contributed by atoms with Gasteiger partial charge in [0.1, 0.15) is 5.82 Å². The van der Waals surface area contributed by atoms with Crippen LogP contribution in [0.2, 0.25) is 5.02 Å². The molecule has 28 heavy (non-hydrogen) atoms. The van der Waals surface area contributed by atoms with E-state index in [-0.39, 0.29) is 0 Å². The van der Waals surface area contributed by atoms with Crippen LogP contribution in [0.15, 0.2) is 42.7 Å². The molecule has 1 aromatic carbocycles. The summed E-state index contributed by atoms with van der Waals surface area (Å²) in [6.07, 6.45) is 7.58. The molecule has 3 heterocycles. The maximum atomic E-state index is 10.1. The van der Waals surface area contributed by atoms with Crippen molar-refractivity contribution in [3.8, 4) is 11.1 Å². The average molecular weight is 395 g/mol. The lowest BCUT2D eigenvalue weighted by molar-refractivity contribution is 0.0628. The van der Waals surface area contributed by atoms with Gasteiger partial charge in [0.2, 0.25) is 0 Å². The first-order chi connectivity index (χ1) is 13.4. The van der Waals surface area contributed by atoms with Gasteiger partial charge in [-0.2, -0.15) is 0 Å². The molecule has 0 aliphatic heterocycles. The monoisotopic (exact) mass is 394 g/mol. The van der Waals surface area contributed by atoms with Crippen molar-refractivity contribution >= 4 is 28.2 Å². The molecule has 4 aromatic rings. The summed E-state index contributed by atoms with van der Waals surface area (Å²) in [5, 5.41) is 20.6. The Labute approximate surface area is 168 Å². The molecule has 6 heteroatoms. The molecule has 5 rings (SSSR count). The van der Waals surface area contributed by atoms with Gasteiger partial charge in [0.15, 0.2) is 5.65 Å². The number of aliphatic hydroxyl groups is 1. The second kappa shape index (κ2) is 6.33. The Morgan fingerprint density at radius 1 is 1.14 bits per heavy atom. The number of benzene rings is 1. The van der Waals surface area contributed by atoms with Crippen LogP contribution in [0.25, 0.3) is 27.7 Å². The van der Waals surface area contributed by atoms with E-state index >= 15 is 0 Å². The number of pyridine rings is 1. The summed E-state index contributed by atoms with van der Waals surface area (Å²) in [5.41, 5.74) is 3.06. The molecule has 0 amide bonds. The second-order valence-electron chi connectivity index (χ2n) is 8.53. The Kier molecular flexibility index (Phi) is 4.00. The standard InChI is InChI=1S/C22H23ClN4O/c1-22(2,28)13-26-9-7-16-12-15(5-6-18(16)26)17-8-10-27-19(11-14-3-4-14)24-25-21(27)20(17)23/h5-10,12,14,28H,3-4,11,13H2,1-2H3. The van der Waals surface area contributed by atoms with Gasteiger partial charge in [-0.25, -0.2) is 0 Å². The largest absolute Gasteiger partial charge is 0.389 e. The highest BCUT2D eigenvalue weighted by Gasteiger charge is 2.24. The Hall–Kier alpha value is -2.37. The number of rotatable bonds is 5. The van der Waals surface area contributed by atoms with Crippen LogP contribution in [0.3, 0.4) is 0 Å². The quantitative estimate of drug-likeness (QED) is 0.532. The zero-order valence-corrected chi connectivity index (χ0v) is 16.8. The number of hydrogen-bond acceptors (Lipinski definition) is 3. The summed E-state index contributed by atoms with van der Waals surface area (Å²) in [7, 11) is 0. The summed E-state index contributed by atoms with van der Waals surface area (Å²) in [4.78, 5) is 0. The van der Waals surface area contributed by atoms with Crippen molar-refractivity contribution in [3.05, 3.63) is 53.6 Å². The van der Waals surface area contributed by atoms with Crippen LogP contribution in [-0.4, -0.2) is 29.9 Å². The molecule has 1 aliphatic rings. The third-order valence-electron chi connectivity index (χ3n) is 5.40. The van der Waals surface area contributed by atoms with Crippen LogP contribution in [0.4, 0.5) is 0 Å². The third kappa shape index (κ3) is 3.19. The fourth-order valence-corrected chi connectivity index (χ4v) is 4.14. The molecular weight excluding hydrogens is 372 g/mol. The summed E-state index contributed by atoms with van der Waals surface area (Å²) in [6.45, 7) is 4.18. The molecule has 5 nitrogen and oxygen atoms in total. The number of halogens is 1. The number of hydrogen-bond donors (Lipinski definition) is 1. The van der Waals surface area contributed by atoms with Gasteiger partial charge in [-0.1, -0.05) is 17.7 Å². The topological polar surface area (TPSA) is 55.4 Å². The van der Waals surface area contributed by atoms with Crippen LogP contribution >= 0.6 is 11.6 Å². The molecule has 1 saturated carbocycles. The van der Waals surface area contributed by atoms with E-state index in [1.165, 1.54) is 12.8 Å². The van der Waals surface area contributed by atoms with Gasteiger partial charge in [0.05, 0.1) is 17.2 Å². The van der Waals surface area contributed by atoms with Gasteiger partial charge in [-0.15, -0.1) is 10.2 Å². The third-order valence-corrected chi connectivity index (χ3v) is 5.77. The van der Waals surface area contributed by atoms with E-state index in [1.54, 1.807) is 0 Å². The zero-order valence-electron chi connectivity index (χ0n) is 16.1. The first-order valence-corrected chi connectivity index (χ1v) is 10.1. The van der Waals surface area contributed by atoms with E-state index < -0.39 is 5.60 Å². The van der Waals surface area contributed by atoms with Gasteiger partial charge in [0, 0.05) is 35.3 Å². The van der Waals surface area contributed by atoms with Crippen molar-refractivity contribution in [1.29, 1.82) is 0 Å². The number of nitrogens with zero attached hydrogens (tertiary/aromatic N) is 4. The molecule has 0 spiro atoms. The van der Waals surface area contributed by atoms with Gasteiger partial charge < -0.3 is 9.67 Å². The predicted molar refractivity (Wildman–Crippen MR) is 112 cm³/mol. The molecule has 0 atom stereocenters. The van der Waals surface area contributed by atoms with Crippen molar-refractivity contribution in [2.24, 2.45) is 5.92 Å². The van der Waals surface area contributed by atoms with Crippen LogP contribution in [0.1, 0.15) is 32.5 Å². The zero-order chi connectivity index (χ0) is 19.5. The first-order valence-electron chi connectivity index (χ1n) is 9.73.